The fourth-order valence-electron chi connectivity index (χ4n) is 6.09. The Morgan fingerprint density at radius 3 is 2.58 bits per heavy atom. The van der Waals surface area contributed by atoms with Gasteiger partial charge in [0.15, 0.2) is 0 Å². The van der Waals surface area contributed by atoms with Crippen LogP contribution in [0.15, 0.2) is 84.9 Å². The second kappa shape index (κ2) is 11.7. The molecular weight excluding hydrogens is 502 g/mol. The number of rotatable bonds is 6. The van der Waals surface area contributed by atoms with Crippen LogP contribution in [0.1, 0.15) is 12.0 Å². The van der Waals surface area contributed by atoms with E-state index in [2.05, 4.69) is 60.5 Å². The first-order valence-corrected chi connectivity index (χ1v) is 14.2. The van der Waals surface area contributed by atoms with Crippen LogP contribution in [0.4, 0.5) is 16.2 Å². The van der Waals surface area contributed by atoms with Crippen molar-refractivity contribution in [3.05, 3.63) is 90.4 Å². The topological polar surface area (TPSA) is 84.0 Å². The summed E-state index contributed by atoms with van der Waals surface area (Å²) >= 11 is 0. The molecule has 3 atom stereocenters. The molecule has 2 fully saturated rings. The van der Waals surface area contributed by atoms with E-state index < -0.39 is 0 Å². The molecule has 4 aliphatic rings. The summed E-state index contributed by atoms with van der Waals surface area (Å²) < 4.78 is 0. The highest BCUT2D eigenvalue weighted by Crippen LogP contribution is 2.38. The van der Waals surface area contributed by atoms with E-state index >= 15 is 0 Å². The van der Waals surface area contributed by atoms with Crippen molar-refractivity contribution in [1.29, 1.82) is 0 Å². The second-order valence-electron chi connectivity index (χ2n) is 11.0. The minimum Gasteiger partial charge on any atom is -0.340 e. The Hall–Kier alpha value is -3.95. The number of pyridine rings is 1. The molecule has 0 spiro atoms. The summed E-state index contributed by atoms with van der Waals surface area (Å²) in [4.78, 5) is 39.4. The zero-order chi connectivity index (χ0) is 27.5. The van der Waals surface area contributed by atoms with Crippen molar-refractivity contribution in [3.8, 4) is 0 Å². The molecule has 9 nitrogen and oxygen atoms in total. The maximum absolute atomic E-state index is 13.8. The molecule has 9 heteroatoms. The molecule has 2 N–H and O–H groups in total. The van der Waals surface area contributed by atoms with Gasteiger partial charge in [-0.1, -0.05) is 30.4 Å². The van der Waals surface area contributed by atoms with Crippen molar-refractivity contribution in [2.75, 3.05) is 56.5 Å². The quantitative estimate of drug-likeness (QED) is 0.587. The average Bonchev–Trinajstić information content (AvgIpc) is 3.63. The number of urea groups is 1. The first kappa shape index (κ1) is 26.3. The number of carbonyl (C=O) groups excluding carboxylic acids is 2. The van der Waals surface area contributed by atoms with Crippen molar-refractivity contribution in [2.24, 2.45) is 5.92 Å². The predicted octanol–water partition coefficient (Wildman–Crippen LogP) is 3.07. The Bertz CT molecular complexity index is 1300. The summed E-state index contributed by atoms with van der Waals surface area (Å²) in [6.45, 7) is 6.37. The van der Waals surface area contributed by atoms with Gasteiger partial charge in [-0.25, -0.2) is 4.79 Å². The van der Waals surface area contributed by atoms with E-state index in [0.29, 0.717) is 18.3 Å². The summed E-state index contributed by atoms with van der Waals surface area (Å²) in [5, 5.41) is 5.74. The highest BCUT2D eigenvalue weighted by molar-refractivity contribution is 5.96. The number of benzene rings is 1. The fraction of sp³-hybridized carbons (Fsp3) is 0.387. The number of allylic oxidation sites excluding steroid dienone is 2. The molecule has 1 aromatic heterocycles. The zero-order valence-electron chi connectivity index (χ0n) is 22.9. The molecule has 2 aromatic rings. The summed E-state index contributed by atoms with van der Waals surface area (Å²) in [6.07, 6.45) is 14.9. The molecule has 0 bridgehead atoms. The third-order valence-electron chi connectivity index (χ3n) is 8.42. The lowest BCUT2D eigenvalue weighted by Gasteiger charge is -2.36. The number of aromatic nitrogens is 1. The zero-order valence-corrected chi connectivity index (χ0v) is 22.9. The summed E-state index contributed by atoms with van der Waals surface area (Å²) in [7, 11) is 2.18. The molecule has 6 rings (SSSR count). The third-order valence-corrected chi connectivity index (χ3v) is 8.42. The van der Waals surface area contributed by atoms with E-state index in [-0.39, 0.29) is 23.9 Å². The van der Waals surface area contributed by atoms with Gasteiger partial charge in [-0.05, 0) is 49.4 Å². The number of amides is 3. The molecule has 0 radical (unpaired) electrons. The largest absolute Gasteiger partial charge is 0.340 e. The number of hydrogen-bond donors (Lipinski definition) is 2. The number of nitrogens with one attached hydrogen (secondary N) is 2. The van der Waals surface area contributed by atoms with Crippen molar-refractivity contribution in [1.82, 2.24) is 25.0 Å². The highest BCUT2D eigenvalue weighted by Gasteiger charge is 2.40. The smallest absolute Gasteiger partial charge is 0.319 e. The van der Waals surface area contributed by atoms with Crippen LogP contribution < -0.4 is 15.5 Å². The number of hydrogen-bond acceptors (Lipinski definition) is 6. The standard InChI is InChI=1S/C31H37N7O2/c1-35-15-17-36(18-16-35)26-12-14-37(21-26)30(39)28-22-38(29-7-3-2-6-27(28)29)25-10-8-24(9-11-25)34-31(40)33-20-23-5-4-13-32-19-23/h2-11,13,19,22,26-27,29H,12,14-18,20-21H2,1H3,(H2,33,34,40). The predicted molar refractivity (Wildman–Crippen MR) is 157 cm³/mol. The molecule has 3 aliphatic heterocycles. The fourth-order valence-corrected chi connectivity index (χ4v) is 6.09. The first-order chi connectivity index (χ1) is 19.5. The summed E-state index contributed by atoms with van der Waals surface area (Å²) in [6, 6.07) is 11.8. The van der Waals surface area contributed by atoms with Crippen molar-refractivity contribution in [2.45, 2.75) is 25.0 Å². The van der Waals surface area contributed by atoms with Gasteiger partial charge >= 0.3 is 6.03 Å². The molecule has 3 amide bonds. The van der Waals surface area contributed by atoms with Gasteiger partial charge < -0.3 is 25.3 Å². The Labute approximate surface area is 235 Å². The van der Waals surface area contributed by atoms with Gasteiger partial charge in [-0.2, -0.15) is 0 Å². The minimum atomic E-state index is -0.272. The van der Waals surface area contributed by atoms with Crippen LogP contribution in [-0.2, 0) is 11.3 Å². The molecule has 2 saturated heterocycles. The van der Waals surface area contributed by atoms with Crippen LogP contribution in [0, 0.1) is 5.92 Å². The van der Waals surface area contributed by atoms with E-state index in [4.69, 9.17) is 0 Å². The molecule has 40 heavy (non-hydrogen) atoms. The van der Waals surface area contributed by atoms with E-state index in [1.54, 1.807) is 12.4 Å². The molecule has 208 valence electrons. The molecule has 1 aliphatic carbocycles. The molecule has 0 saturated carbocycles. The number of likely N-dealkylation sites (N-methyl/N-ethyl adjacent to an activating group) is 1. The van der Waals surface area contributed by atoms with Gasteiger partial charge in [-0.3, -0.25) is 14.7 Å². The molecule has 3 unspecified atom stereocenters. The van der Waals surface area contributed by atoms with E-state index in [1.165, 1.54) is 0 Å². The second-order valence-corrected chi connectivity index (χ2v) is 11.0. The number of carbonyl (C=O) groups is 2. The van der Waals surface area contributed by atoms with Crippen molar-refractivity contribution >= 4 is 23.3 Å². The van der Waals surface area contributed by atoms with Gasteiger partial charge in [-0.15, -0.1) is 0 Å². The van der Waals surface area contributed by atoms with E-state index in [9.17, 15) is 9.59 Å². The summed E-state index contributed by atoms with van der Waals surface area (Å²) in [5.41, 5.74) is 3.47. The van der Waals surface area contributed by atoms with Crippen LogP contribution in [-0.4, -0.2) is 90.0 Å². The average molecular weight is 540 g/mol. The van der Waals surface area contributed by atoms with Crippen LogP contribution in [0.25, 0.3) is 0 Å². The lowest BCUT2D eigenvalue weighted by Crippen LogP contribution is -2.50. The molecular formula is C31H37N7O2. The van der Waals surface area contributed by atoms with Gasteiger partial charge in [0.1, 0.15) is 0 Å². The molecule has 1 aromatic carbocycles. The van der Waals surface area contributed by atoms with Gasteiger partial charge in [0.2, 0.25) is 0 Å². The van der Waals surface area contributed by atoms with Crippen LogP contribution in [0.5, 0.6) is 0 Å². The Morgan fingerprint density at radius 1 is 1.00 bits per heavy atom. The van der Waals surface area contributed by atoms with E-state index in [0.717, 1.165) is 62.5 Å². The Balaban J connectivity index is 1.10. The molecule has 4 heterocycles. The summed E-state index contributed by atoms with van der Waals surface area (Å²) in [5.74, 6) is 0.175. The number of nitrogens with zero attached hydrogens (tertiary/aromatic N) is 5. The van der Waals surface area contributed by atoms with Crippen molar-refractivity contribution in [3.63, 3.8) is 0 Å². The van der Waals surface area contributed by atoms with Gasteiger partial charge in [0, 0.05) is 93.3 Å². The van der Waals surface area contributed by atoms with Gasteiger partial charge in [0.05, 0.1) is 6.04 Å². The third kappa shape index (κ3) is 5.66. The number of piperazine rings is 1. The van der Waals surface area contributed by atoms with Crippen LogP contribution in [0.3, 0.4) is 0 Å². The van der Waals surface area contributed by atoms with Gasteiger partial charge in [0.25, 0.3) is 5.91 Å². The number of fused-ring (bicyclic) bond motifs is 1. The lowest BCUT2D eigenvalue weighted by molar-refractivity contribution is -0.126. The normalized spacial score (nSPS) is 24.6. The Kier molecular flexibility index (Phi) is 7.66. The van der Waals surface area contributed by atoms with Crippen LogP contribution in [0.2, 0.25) is 0 Å². The first-order valence-electron chi connectivity index (χ1n) is 14.2. The monoisotopic (exact) mass is 539 g/mol. The van der Waals surface area contributed by atoms with Crippen molar-refractivity contribution < 1.29 is 9.59 Å². The van der Waals surface area contributed by atoms with E-state index in [1.807, 2.05) is 48.7 Å². The number of likely N-dealkylation sites (tertiary alicyclic amines) is 1. The maximum Gasteiger partial charge on any atom is 0.319 e. The minimum absolute atomic E-state index is 0.0243. The highest BCUT2D eigenvalue weighted by atomic mass is 16.2. The maximum atomic E-state index is 13.8. The lowest BCUT2D eigenvalue weighted by atomic mass is 9.90. The SMILES string of the molecule is CN1CCN(C2CCN(C(=O)C3=CN(c4ccc(NC(=O)NCc5cccnc5)cc4)C4C=CC=CC34)C2)CC1. The van der Waals surface area contributed by atoms with Crippen LogP contribution >= 0.6 is 0 Å². The number of anilines is 2. The Morgan fingerprint density at radius 2 is 1.80 bits per heavy atom.